The Morgan fingerprint density at radius 2 is 1.91 bits per heavy atom. The zero-order valence-corrected chi connectivity index (χ0v) is 12.3. The number of phenols is 1. The van der Waals surface area contributed by atoms with Gasteiger partial charge in [0.25, 0.3) is 0 Å². The minimum atomic E-state index is -1.20. The van der Waals surface area contributed by atoms with Crippen LogP contribution in [0.3, 0.4) is 0 Å². The van der Waals surface area contributed by atoms with Crippen LogP contribution in [0, 0.1) is 0 Å². The quantitative estimate of drug-likeness (QED) is 0.944. The maximum Gasteiger partial charge on any atom is 0.244 e. The van der Waals surface area contributed by atoms with Crippen molar-refractivity contribution in [1.82, 2.24) is 0 Å². The van der Waals surface area contributed by atoms with Gasteiger partial charge in [-0.3, -0.25) is 4.79 Å². The number of rotatable bonds is 3. The van der Waals surface area contributed by atoms with Crippen LogP contribution < -0.4 is 9.47 Å². The third-order valence-corrected chi connectivity index (χ3v) is 3.78. The van der Waals surface area contributed by atoms with Crippen LogP contribution in [0.5, 0.6) is 17.2 Å². The minimum Gasteiger partial charge on any atom is -0.507 e. The summed E-state index contributed by atoms with van der Waals surface area (Å²) in [6, 6.07) is 12.2. The van der Waals surface area contributed by atoms with Crippen molar-refractivity contribution in [2.75, 3.05) is 14.2 Å². The number of hydrogen-bond donors (Lipinski definition) is 1. The van der Waals surface area contributed by atoms with E-state index in [1.807, 2.05) is 30.3 Å². The molecule has 0 spiro atoms. The lowest BCUT2D eigenvalue weighted by molar-refractivity contribution is -0.173. The second kappa shape index (κ2) is 5.35. The number of hydrogen-bond acceptors (Lipinski definition) is 5. The number of carbonyl (C=O) groups is 1. The van der Waals surface area contributed by atoms with Crippen LogP contribution in [-0.2, 0) is 10.5 Å². The molecule has 114 valence electrons. The van der Waals surface area contributed by atoms with E-state index in [0.29, 0.717) is 5.75 Å². The molecular formula is C17H16O5. The first-order valence-electron chi connectivity index (χ1n) is 6.83. The zero-order valence-electron chi connectivity index (χ0n) is 12.3. The molecule has 1 atom stereocenters. The highest BCUT2D eigenvalue weighted by atomic mass is 16.7. The van der Waals surface area contributed by atoms with E-state index >= 15 is 0 Å². The van der Waals surface area contributed by atoms with Gasteiger partial charge in [-0.2, -0.15) is 0 Å². The Kier molecular flexibility index (Phi) is 3.50. The number of ketones is 1. The number of aromatic hydroxyl groups is 1. The molecule has 0 fully saturated rings. The fourth-order valence-corrected chi connectivity index (χ4v) is 2.65. The predicted molar refractivity (Wildman–Crippen MR) is 79.4 cm³/mol. The average molecular weight is 300 g/mol. The zero-order chi connectivity index (χ0) is 15.7. The summed E-state index contributed by atoms with van der Waals surface area (Å²) in [4.78, 5) is 12.5. The number of ether oxygens (including phenoxy) is 3. The molecule has 0 saturated carbocycles. The molecule has 0 bridgehead atoms. The van der Waals surface area contributed by atoms with E-state index in [1.54, 1.807) is 6.07 Å². The van der Waals surface area contributed by atoms with Crippen LogP contribution in [0.1, 0.15) is 22.3 Å². The lowest BCUT2D eigenvalue weighted by Crippen LogP contribution is -2.41. The van der Waals surface area contributed by atoms with E-state index in [0.717, 1.165) is 5.56 Å². The minimum absolute atomic E-state index is 0.0135. The maximum atomic E-state index is 12.5. The summed E-state index contributed by atoms with van der Waals surface area (Å²) in [5, 5.41) is 10.0. The van der Waals surface area contributed by atoms with Crippen LogP contribution in [0.4, 0.5) is 0 Å². The molecule has 22 heavy (non-hydrogen) atoms. The lowest BCUT2D eigenvalue weighted by Gasteiger charge is -2.37. The standard InChI is InChI=1S/C17H16O5/c1-20-12-8-13(18)16-14(19)10-17(21-2,22-15(16)9-12)11-6-4-3-5-7-11/h3-9,18H,10H2,1-2H3. The van der Waals surface area contributed by atoms with Crippen molar-refractivity contribution in [3.05, 3.63) is 53.6 Å². The molecule has 0 aromatic heterocycles. The van der Waals surface area contributed by atoms with Gasteiger partial charge < -0.3 is 19.3 Å². The molecule has 0 saturated heterocycles. The maximum absolute atomic E-state index is 12.5. The third kappa shape index (κ3) is 2.19. The van der Waals surface area contributed by atoms with Gasteiger partial charge in [0.05, 0.1) is 13.5 Å². The molecule has 1 unspecified atom stereocenters. The van der Waals surface area contributed by atoms with Gasteiger partial charge in [0.1, 0.15) is 22.8 Å². The van der Waals surface area contributed by atoms with Crippen LogP contribution in [0.2, 0.25) is 0 Å². The molecule has 0 aliphatic carbocycles. The van der Waals surface area contributed by atoms with Gasteiger partial charge in [0.15, 0.2) is 5.78 Å². The summed E-state index contributed by atoms with van der Waals surface area (Å²) in [5.41, 5.74) is 0.892. The van der Waals surface area contributed by atoms with Crippen LogP contribution >= 0.6 is 0 Å². The smallest absolute Gasteiger partial charge is 0.244 e. The van der Waals surface area contributed by atoms with Crippen molar-refractivity contribution < 1.29 is 24.1 Å². The van der Waals surface area contributed by atoms with Crippen LogP contribution in [0.15, 0.2) is 42.5 Å². The molecule has 0 radical (unpaired) electrons. The van der Waals surface area contributed by atoms with E-state index in [2.05, 4.69) is 0 Å². The Morgan fingerprint density at radius 3 is 2.55 bits per heavy atom. The fraction of sp³-hybridized carbons (Fsp3) is 0.235. The molecule has 1 heterocycles. The summed E-state index contributed by atoms with van der Waals surface area (Å²) in [5.74, 6) is -0.948. The molecule has 2 aromatic rings. The van der Waals surface area contributed by atoms with E-state index in [-0.39, 0.29) is 29.3 Å². The summed E-state index contributed by atoms with van der Waals surface area (Å²) < 4.78 is 16.6. The highest BCUT2D eigenvalue weighted by Gasteiger charge is 2.43. The highest BCUT2D eigenvalue weighted by molar-refractivity contribution is 6.03. The molecular weight excluding hydrogens is 284 g/mol. The monoisotopic (exact) mass is 300 g/mol. The number of benzene rings is 2. The van der Waals surface area contributed by atoms with Crippen LogP contribution in [-0.4, -0.2) is 25.1 Å². The average Bonchev–Trinajstić information content (AvgIpc) is 2.54. The van der Waals surface area contributed by atoms with Crippen molar-refractivity contribution in [3.63, 3.8) is 0 Å². The van der Waals surface area contributed by atoms with Gasteiger partial charge in [0, 0.05) is 24.8 Å². The first-order chi connectivity index (χ1) is 10.6. The van der Waals surface area contributed by atoms with E-state index in [1.165, 1.54) is 20.3 Å². The van der Waals surface area contributed by atoms with Crippen molar-refractivity contribution >= 4 is 5.78 Å². The van der Waals surface area contributed by atoms with Gasteiger partial charge in [-0.25, -0.2) is 0 Å². The summed E-state index contributed by atoms with van der Waals surface area (Å²) in [6.07, 6.45) is -0.0135. The van der Waals surface area contributed by atoms with Gasteiger partial charge in [0.2, 0.25) is 5.79 Å². The molecule has 0 amide bonds. The molecule has 3 rings (SSSR count). The Morgan fingerprint density at radius 1 is 1.18 bits per heavy atom. The predicted octanol–water partition coefficient (Wildman–Crippen LogP) is 2.87. The Hall–Kier alpha value is -2.53. The van der Waals surface area contributed by atoms with Crippen LogP contribution in [0.25, 0.3) is 0 Å². The van der Waals surface area contributed by atoms with E-state index in [4.69, 9.17) is 14.2 Å². The summed E-state index contributed by atoms with van der Waals surface area (Å²) in [6.45, 7) is 0. The fourth-order valence-electron chi connectivity index (χ4n) is 2.65. The van der Waals surface area contributed by atoms with Gasteiger partial charge in [-0.1, -0.05) is 30.3 Å². The molecule has 1 N–H and O–H groups in total. The van der Waals surface area contributed by atoms with Crippen molar-refractivity contribution in [2.24, 2.45) is 0 Å². The van der Waals surface area contributed by atoms with E-state index in [9.17, 15) is 9.90 Å². The first-order valence-corrected chi connectivity index (χ1v) is 6.83. The summed E-state index contributed by atoms with van der Waals surface area (Å²) >= 11 is 0. The largest absolute Gasteiger partial charge is 0.507 e. The molecule has 1 aliphatic heterocycles. The normalized spacial score (nSPS) is 20.2. The van der Waals surface area contributed by atoms with Crippen molar-refractivity contribution in [3.8, 4) is 17.2 Å². The first kappa shape index (κ1) is 14.4. The number of carbonyl (C=O) groups excluding carboxylic acids is 1. The number of fused-ring (bicyclic) bond motifs is 1. The lowest BCUT2D eigenvalue weighted by atomic mass is 9.92. The second-order valence-electron chi connectivity index (χ2n) is 5.04. The van der Waals surface area contributed by atoms with Gasteiger partial charge >= 0.3 is 0 Å². The number of Topliss-reactive ketones (excluding diaryl/α,β-unsaturated/α-hetero) is 1. The van der Waals surface area contributed by atoms with Gasteiger partial charge in [-0.15, -0.1) is 0 Å². The molecule has 5 nitrogen and oxygen atoms in total. The molecule has 2 aromatic carbocycles. The topological polar surface area (TPSA) is 65.0 Å². The summed E-state index contributed by atoms with van der Waals surface area (Å²) in [7, 11) is 2.97. The molecule has 5 heteroatoms. The van der Waals surface area contributed by atoms with Crippen molar-refractivity contribution in [1.29, 1.82) is 0 Å². The number of methoxy groups -OCH3 is 2. The highest BCUT2D eigenvalue weighted by Crippen LogP contribution is 2.44. The Bertz CT molecular complexity index is 710. The third-order valence-electron chi connectivity index (χ3n) is 3.78. The van der Waals surface area contributed by atoms with E-state index < -0.39 is 5.79 Å². The van der Waals surface area contributed by atoms with Gasteiger partial charge in [-0.05, 0) is 0 Å². The van der Waals surface area contributed by atoms with Crippen molar-refractivity contribution in [2.45, 2.75) is 12.2 Å². The number of phenolic OH excluding ortho intramolecular Hbond substituents is 1. The Labute approximate surface area is 128 Å². The SMILES string of the molecule is COc1cc(O)c2c(c1)OC(OC)(c1ccccc1)CC2=O. The molecule has 1 aliphatic rings. The second-order valence-corrected chi connectivity index (χ2v) is 5.04. The Balaban J connectivity index is 2.13.